The summed E-state index contributed by atoms with van der Waals surface area (Å²) in [7, 11) is 1.71. The van der Waals surface area contributed by atoms with Crippen molar-refractivity contribution in [2.45, 2.75) is 26.6 Å². The van der Waals surface area contributed by atoms with Crippen LogP contribution in [-0.2, 0) is 19.7 Å². The van der Waals surface area contributed by atoms with Gasteiger partial charge < -0.3 is 14.6 Å². The predicted octanol–water partition coefficient (Wildman–Crippen LogP) is 2.48. The molecule has 1 heterocycles. The van der Waals surface area contributed by atoms with Crippen molar-refractivity contribution in [1.29, 1.82) is 0 Å². The molecule has 20 heavy (non-hydrogen) atoms. The number of ether oxygens (including phenoxy) is 1. The number of nitrogens with one attached hydrogen (secondary N) is 1. The van der Waals surface area contributed by atoms with Gasteiger partial charge in [0, 0.05) is 25.5 Å². The van der Waals surface area contributed by atoms with Crippen LogP contribution in [0.25, 0.3) is 0 Å². The van der Waals surface area contributed by atoms with E-state index in [1.54, 1.807) is 19.4 Å². The van der Waals surface area contributed by atoms with E-state index < -0.39 is 11.6 Å². The molecule has 0 amide bonds. The van der Waals surface area contributed by atoms with Crippen LogP contribution in [0, 0.1) is 11.6 Å². The fourth-order valence-electron chi connectivity index (χ4n) is 1.96. The molecule has 0 aliphatic carbocycles. The maximum Gasteiger partial charge on any atom is 0.191 e. The fourth-order valence-corrected chi connectivity index (χ4v) is 1.96. The maximum absolute atomic E-state index is 13.8. The molecule has 0 atom stereocenters. The van der Waals surface area contributed by atoms with Gasteiger partial charge in [0.15, 0.2) is 17.4 Å². The van der Waals surface area contributed by atoms with Crippen LogP contribution in [0.15, 0.2) is 24.5 Å². The van der Waals surface area contributed by atoms with Crippen LogP contribution >= 0.6 is 0 Å². The minimum Gasteiger partial charge on any atom is -0.480 e. The van der Waals surface area contributed by atoms with Crippen molar-refractivity contribution in [3.8, 4) is 5.75 Å². The number of hydrogen-bond donors (Lipinski definition) is 1. The molecule has 1 aromatic heterocycles. The smallest absolute Gasteiger partial charge is 0.191 e. The van der Waals surface area contributed by atoms with Crippen molar-refractivity contribution >= 4 is 0 Å². The number of benzene rings is 1. The minimum absolute atomic E-state index is 0.0278. The monoisotopic (exact) mass is 281 g/mol. The Balaban J connectivity index is 2.13. The van der Waals surface area contributed by atoms with Gasteiger partial charge in [-0.25, -0.2) is 13.8 Å². The minimum atomic E-state index is -0.704. The van der Waals surface area contributed by atoms with Crippen LogP contribution < -0.4 is 10.1 Å². The zero-order valence-corrected chi connectivity index (χ0v) is 11.5. The summed E-state index contributed by atoms with van der Waals surface area (Å²) in [5.74, 6) is -1.14. The Bertz CT molecular complexity index is 561. The fraction of sp³-hybridized carbons (Fsp3) is 0.357. The Labute approximate surface area is 116 Å². The second kappa shape index (κ2) is 6.47. The highest BCUT2D eigenvalue weighted by atomic mass is 19.1. The summed E-state index contributed by atoms with van der Waals surface area (Å²) < 4.78 is 34.7. The lowest BCUT2D eigenvalue weighted by molar-refractivity contribution is 0.261. The van der Waals surface area contributed by atoms with Crippen LogP contribution in [-0.4, -0.2) is 16.6 Å². The van der Waals surface area contributed by atoms with Gasteiger partial charge in [0.05, 0.1) is 0 Å². The SMILES string of the molecule is CCn1ccnc1COc1c(F)cc(CNC)cc1F. The van der Waals surface area contributed by atoms with E-state index in [-0.39, 0.29) is 12.4 Å². The van der Waals surface area contributed by atoms with Gasteiger partial charge in [-0.2, -0.15) is 0 Å². The van der Waals surface area contributed by atoms with Crippen LogP contribution in [0.4, 0.5) is 8.78 Å². The molecular weight excluding hydrogens is 264 g/mol. The van der Waals surface area contributed by atoms with E-state index in [1.165, 1.54) is 12.1 Å². The molecule has 0 radical (unpaired) electrons. The molecule has 6 heteroatoms. The predicted molar refractivity (Wildman–Crippen MR) is 71.4 cm³/mol. The van der Waals surface area contributed by atoms with E-state index in [4.69, 9.17) is 4.74 Å². The molecule has 2 rings (SSSR count). The third-order valence-corrected chi connectivity index (χ3v) is 2.93. The van der Waals surface area contributed by atoms with Gasteiger partial charge in [0.2, 0.25) is 0 Å². The van der Waals surface area contributed by atoms with E-state index >= 15 is 0 Å². The highest BCUT2D eigenvalue weighted by molar-refractivity contribution is 5.31. The summed E-state index contributed by atoms with van der Waals surface area (Å²) in [4.78, 5) is 4.09. The molecule has 1 N–H and O–H groups in total. The largest absolute Gasteiger partial charge is 0.480 e. The number of hydrogen-bond acceptors (Lipinski definition) is 3. The third kappa shape index (κ3) is 3.14. The summed E-state index contributed by atoms with van der Waals surface area (Å²) >= 11 is 0. The summed E-state index contributed by atoms with van der Waals surface area (Å²) in [6, 6.07) is 2.53. The van der Waals surface area contributed by atoms with E-state index in [0.29, 0.717) is 17.9 Å². The molecule has 4 nitrogen and oxygen atoms in total. The zero-order chi connectivity index (χ0) is 14.5. The number of halogens is 2. The molecule has 0 fully saturated rings. The van der Waals surface area contributed by atoms with Gasteiger partial charge in [0.1, 0.15) is 12.4 Å². The van der Waals surface area contributed by atoms with Gasteiger partial charge in [-0.05, 0) is 31.7 Å². The molecular formula is C14H17F2N3O. The first-order valence-corrected chi connectivity index (χ1v) is 6.41. The van der Waals surface area contributed by atoms with Crippen molar-refractivity contribution in [2.75, 3.05) is 7.05 Å². The second-order valence-corrected chi connectivity index (χ2v) is 4.34. The Morgan fingerprint density at radius 1 is 1.30 bits per heavy atom. The van der Waals surface area contributed by atoms with E-state index in [0.717, 1.165) is 6.54 Å². The number of aryl methyl sites for hydroxylation is 1. The Hall–Kier alpha value is -1.95. The van der Waals surface area contributed by atoms with Gasteiger partial charge in [0.25, 0.3) is 0 Å². The lowest BCUT2D eigenvalue weighted by atomic mass is 10.2. The molecule has 2 aromatic rings. The molecule has 0 unspecified atom stereocenters. The van der Waals surface area contributed by atoms with Crippen molar-refractivity contribution < 1.29 is 13.5 Å². The van der Waals surface area contributed by atoms with Crippen LogP contribution in [0.1, 0.15) is 18.3 Å². The topological polar surface area (TPSA) is 39.1 Å². The van der Waals surface area contributed by atoms with E-state index in [1.807, 2.05) is 11.5 Å². The molecule has 0 spiro atoms. The van der Waals surface area contributed by atoms with Crippen LogP contribution in [0.2, 0.25) is 0 Å². The molecule has 0 aliphatic heterocycles. The highest BCUT2D eigenvalue weighted by Crippen LogP contribution is 2.24. The average Bonchev–Trinajstić information content (AvgIpc) is 2.85. The standard InChI is InChI=1S/C14H17F2N3O/c1-3-19-5-4-18-13(19)9-20-14-11(15)6-10(8-17-2)7-12(14)16/h4-7,17H,3,8-9H2,1-2H3. The quantitative estimate of drug-likeness (QED) is 0.884. The van der Waals surface area contributed by atoms with E-state index in [2.05, 4.69) is 10.3 Å². The summed E-state index contributed by atoms with van der Waals surface area (Å²) in [5.41, 5.74) is 0.532. The first kappa shape index (κ1) is 14.5. The first-order chi connectivity index (χ1) is 9.65. The molecule has 108 valence electrons. The van der Waals surface area contributed by atoms with Crippen LogP contribution in [0.5, 0.6) is 5.75 Å². The summed E-state index contributed by atoms with van der Waals surface area (Å²) in [5, 5.41) is 2.84. The van der Waals surface area contributed by atoms with Crippen molar-refractivity contribution in [1.82, 2.24) is 14.9 Å². The Morgan fingerprint density at radius 2 is 2.00 bits per heavy atom. The summed E-state index contributed by atoms with van der Waals surface area (Å²) in [6.45, 7) is 3.11. The van der Waals surface area contributed by atoms with Crippen molar-refractivity contribution in [3.05, 3.63) is 47.5 Å². The second-order valence-electron chi connectivity index (χ2n) is 4.34. The molecule has 0 bridgehead atoms. The maximum atomic E-state index is 13.8. The van der Waals surface area contributed by atoms with Crippen LogP contribution in [0.3, 0.4) is 0 Å². The van der Waals surface area contributed by atoms with E-state index in [9.17, 15) is 8.78 Å². The highest BCUT2D eigenvalue weighted by Gasteiger charge is 2.13. The lowest BCUT2D eigenvalue weighted by Crippen LogP contribution is -2.09. The number of aromatic nitrogens is 2. The zero-order valence-electron chi connectivity index (χ0n) is 11.5. The van der Waals surface area contributed by atoms with Crippen molar-refractivity contribution in [3.63, 3.8) is 0 Å². The Morgan fingerprint density at radius 3 is 2.60 bits per heavy atom. The average molecular weight is 281 g/mol. The number of rotatable bonds is 6. The van der Waals surface area contributed by atoms with Crippen molar-refractivity contribution in [2.24, 2.45) is 0 Å². The Kier molecular flexibility index (Phi) is 4.68. The van der Waals surface area contributed by atoms with Gasteiger partial charge >= 0.3 is 0 Å². The lowest BCUT2D eigenvalue weighted by Gasteiger charge is -2.10. The summed E-state index contributed by atoms with van der Waals surface area (Å²) in [6.07, 6.45) is 3.42. The molecule has 1 aromatic carbocycles. The van der Waals surface area contributed by atoms with Gasteiger partial charge in [-0.3, -0.25) is 0 Å². The number of nitrogens with zero attached hydrogens (tertiary/aromatic N) is 2. The molecule has 0 aliphatic rings. The molecule has 0 saturated carbocycles. The third-order valence-electron chi connectivity index (χ3n) is 2.93. The number of imidazole rings is 1. The molecule has 0 saturated heterocycles. The first-order valence-electron chi connectivity index (χ1n) is 6.41. The normalized spacial score (nSPS) is 10.8. The van der Waals surface area contributed by atoms with Gasteiger partial charge in [-0.1, -0.05) is 0 Å². The van der Waals surface area contributed by atoms with Gasteiger partial charge in [-0.15, -0.1) is 0 Å².